The zero-order valence-corrected chi connectivity index (χ0v) is 14.3. The molecule has 0 saturated heterocycles. The summed E-state index contributed by atoms with van der Waals surface area (Å²) in [5.41, 5.74) is 0.633. The molecule has 2 nitrogen and oxygen atoms in total. The third kappa shape index (κ3) is 3.96. The van der Waals surface area contributed by atoms with Crippen LogP contribution in [0.4, 0.5) is 0 Å². The molecule has 4 heteroatoms. The molecule has 1 aromatic carbocycles. The Morgan fingerprint density at radius 3 is 2.26 bits per heavy atom. The monoisotopic (exact) mass is 345 g/mol. The van der Waals surface area contributed by atoms with Gasteiger partial charge in [0.15, 0.2) is 0 Å². The van der Waals surface area contributed by atoms with Crippen molar-refractivity contribution in [2.75, 3.05) is 0 Å². The number of carbonyl (C=O) groups is 1. The second-order valence-corrected chi connectivity index (χ2v) is 6.14. The van der Waals surface area contributed by atoms with Gasteiger partial charge in [0, 0.05) is 21.6 Å². The zero-order chi connectivity index (χ0) is 14.6. The van der Waals surface area contributed by atoms with Crippen LogP contribution < -0.4 is 0 Å². The van der Waals surface area contributed by atoms with Crippen LogP contribution in [0, 0.1) is 0 Å². The first-order chi connectivity index (χ1) is 8.92. The maximum atomic E-state index is 12.8. The van der Waals surface area contributed by atoms with Crippen LogP contribution in [-0.4, -0.2) is 22.9 Å². The molecular formula is C15H21BrClNO. The van der Waals surface area contributed by atoms with E-state index in [-0.39, 0.29) is 18.0 Å². The Bertz CT molecular complexity index is 440. The number of rotatable bonds is 5. The van der Waals surface area contributed by atoms with Gasteiger partial charge in [-0.2, -0.15) is 0 Å². The number of benzene rings is 1. The number of hydrogen-bond donors (Lipinski definition) is 0. The maximum absolute atomic E-state index is 12.8. The molecule has 106 valence electrons. The predicted molar refractivity (Wildman–Crippen MR) is 84.8 cm³/mol. The second kappa shape index (κ2) is 7.30. The lowest BCUT2D eigenvalue weighted by molar-refractivity contribution is 0.0597. The van der Waals surface area contributed by atoms with Crippen LogP contribution in [0.1, 0.15) is 50.9 Å². The van der Waals surface area contributed by atoms with Gasteiger partial charge in [0.25, 0.3) is 5.91 Å². The molecule has 2 unspecified atom stereocenters. The molecule has 1 aromatic rings. The van der Waals surface area contributed by atoms with Crippen LogP contribution in [0.2, 0.25) is 5.02 Å². The van der Waals surface area contributed by atoms with Gasteiger partial charge in [-0.1, -0.05) is 25.4 Å². The van der Waals surface area contributed by atoms with Crippen LogP contribution in [0.25, 0.3) is 0 Å². The van der Waals surface area contributed by atoms with E-state index in [1.165, 1.54) is 0 Å². The molecule has 0 heterocycles. The summed E-state index contributed by atoms with van der Waals surface area (Å²) in [6.45, 7) is 8.37. The van der Waals surface area contributed by atoms with E-state index in [0.29, 0.717) is 10.6 Å². The molecule has 0 fully saturated rings. The van der Waals surface area contributed by atoms with Gasteiger partial charge in [-0.25, -0.2) is 0 Å². The third-order valence-corrected chi connectivity index (χ3v) is 4.45. The number of carbonyl (C=O) groups excluding carboxylic acids is 1. The first kappa shape index (κ1) is 16.5. The second-order valence-electron chi connectivity index (χ2n) is 4.85. The largest absolute Gasteiger partial charge is 0.333 e. The van der Waals surface area contributed by atoms with Gasteiger partial charge in [-0.3, -0.25) is 4.79 Å². The molecule has 1 rings (SSSR count). The molecule has 2 atom stereocenters. The van der Waals surface area contributed by atoms with E-state index < -0.39 is 0 Å². The van der Waals surface area contributed by atoms with Gasteiger partial charge in [0.2, 0.25) is 0 Å². The molecule has 0 aliphatic rings. The molecule has 0 spiro atoms. The standard InChI is InChI=1S/C15H21BrClNO/c1-5-10(3)18(11(4)6-2)15(19)13-9-12(17)7-8-14(13)16/h7-11H,5-6H2,1-4H3. The molecule has 0 saturated carbocycles. The number of nitrogens with zero attached hydrogens (tertiary/aromatic N) is 1. The fourth-order valence-electron chi connectivity index (χ4n) is 2.03. The summed E-state index contributed by atoms with van der Waals surface area (Å²) in [7, 11) is 0. The van der Waals surface area contributed by atoms with E-state index >= 15 is 0 Å². The van der Waals surface area contributed by atoms with E-state index in [2.05, 4.69) is 43.6 Å². The number of amides is 1. The van der Waals surface area contributed by atoms with Crippen LogP contribution >= 0.6 is 27.5 Å². The summed E-state index contributed by atoms with van der Waals surface area (Å²) < 4.78 is 0.790. The Labute approximate surface area is 129 Å². The van der Waals surface area contributed by atoms with Gasteiger partial charge in [0.05, 0.1) is 5.56 Å². The molecule has 19 heavy (non-hydrogen) atoms. The highest BCUT2D eigenvalue weighted by Crippen LogP contribution is 2.25. The average molecular weight is 347 g/mol. The highest BCUT2D eigenvalue weighted by atomic mass is 79.9. The smallest absolute Gasteiger partial charge is 0.255 e. The first-order valence-corrected chi connectivity index (χ1v) is 7.87. The Morgan fingerprint density at radius 1 is 1.26 bits per heavy atom. The van der Waals surface area contributed by atoms with E-state index in [9.17, 15) is 4.79 Å². The molecular weight excluding hydrogens is 326 g/mol. The van der Waals surface area contributed by atoms with E-state index in [4.69, 9.17) is 11.6 Å². The summed E-state index contributed by atoms with van der Waals surface area (Å²) in [5.74, 6) is 0.0399. The van der Waals surface area contributed by atoms with Crippen molar-refractivity contribution in [3.05, 3.63) is 33.3 Å². The Morgan fingerprint density at radius 2 is 1.79 bits per heavy atom. The minimum Gasteiger partial charge on any atom is -0.333 e. The van der Waals surface area contributed by atoms with Crippen molar-refractivity contribution in [3.63, 3.8) is 0 Å². The van der Waals surface area contributed by atoms with Crippen LogP contribution in [0.15, 0.2) is 22.7 Å². The fourth-order valence-corrected chi connectivity index (χ4v) is 2.62. The van der Waals surface area contributed by atoms with Gasteiger partial charge in [0.1, 0.15) is 0 Å². The minimum absolute atomic E-state index is 0.0399. The van der Waals surface area contributed by atoms with E-state index in [0.717, 1.165) is 17.3 Å². The SMILES string of the molecule is CCC(C)N(C(=O)c1cc(Cl)ccc1Br)C(C)CC. The van der Waals surface area contributed by atoms with Crippen LogP contribution in [0.3, 0.4) is 0 Å². The van der Waals surface area contributed by atoms with Gasteiger partial charge in [-0.15, -0.1) is 0 Å². The summed E-state index contributed by atoms with van der Waals surface area (Å²) in [4.78, 5) is 14.7. The zero-order valence-electron chi connectivity index (χ0n) is 11.9. The Hall–Kier alpha value is -0.540. The summed E-state index contributed by atoms with van der Waals surface area (Å²) >= 11 is 9.44. The minimum atomic E-state index is 0.0399. The molecule has 0 aliphatic carbocycles. The number of hydrogen-bond acceptors (Lipinski definition) is 1. The Balaban J connectivity index is 3.15. The predicted octanol–water partition coefficient (Wildman–Crippen LogP) is 5.14. The van der Waals surface area contributed by atoms with Crippen LogP contribution in [-0.2, 0) is 0 Å². The summed E-state index contributed by atoms with van der Waals surface area (Å²) in [5, 5.41) is 0.583. The molecule has 0 N–H and O–H groups in total. The molecule has 1 amide bonds. The molecule has 0 bridgehead atoms. The van der Waals surface area contributed by atoms with Gasteiger partial charge in [-0.05, 0) is 60.8 Å². The van der Waals surface area contributed by atoms with Gasteiger partial charge >= 0.3 is 0 Å². The summed E-state index contributed by atoms with van der Waals surface area (Å²) in [6.07, 6.45) is 1.88. The first-order valence-electron chi connectivity index (χ1n) is 6.70. The Kier molecular flexibility index (Phi) is 6.34. The summed E-state index contributed by atoms with van der Waals surface area (Å²) in [6, 6.07) is 5.76. The van der Waals surface area contributed by atoms with Crippen molar-refractivity contribution in [1.82, 2.24) is 4.90 Å². The fraction of sp³-hybridized carbons (Fsp3) is 0.533. The van der Waals surface area contributed by atoms with Crippen molar-refractivity contribution in [2.45, 2.75) is 52.6 Å². The van der Waals surface area contributed by atoms with E-state index in [1.807, 2.05) is 11.0 Å². The van der Waals surface area contributed by atoms with Crippen molar-refractivity contribution in [2.24, 2.45) is 0 Å². The van der Waals surface area contributed by atoms with Crippen LogP contribution in [0.5, 0.6) is 0 Å². The lowest BCUT2D eigenvalue weighted by Gasteiger charge is -2.34. The average Bonchev–Trinajstić information content (AvgIpc) is 2.40. The van der Waals surface area contributed by atoms with Crippen molar-refractivity contribution in [3.8, 4) is 0 Å². The number of halogens is 2. The lowest BCUT2D eigenvalue weighted by atomic mass is 10.1. The lowest BCUT2D eigenvalue weighted by Crippen LogP contribution is -2.44. The highest BCUT2D eigenvalue weighted by Gasteiger charge is 2.26. The highest BCUT2D eigenvalue weighted by molar-refractivity contribution is 9.10. The topological polar surface area (TPSA) is 20.3 Å². The normalized spacial score (nSPS) is 14.0. The maximum Gasteiger partial charge on any atom is 0.255 e. The quantitative estimate of drug-likeness (QED) is 0.722. The van der Waals surface area contributed by atoms with Gasteiger partial charge < -0.3 is 4.90 Å². The van der Waals surface area contributed by atoms with Crippen molar-refractivity contribution < 1.29 is 4.79 Å². The van der Waals surface area contributed by atoms with Crippen molar-refractivity contribution >= 4 is 33.4 Å². The molecule has 0 aliphatic heterocycles. The third-order valence-electron chi connectivity index (χ3n) is 3.52. The molecule has 0 radical (unpaired) electrons. The van der Waals surface area contributed by atoms with E-state index in [1.54, 1.807) is 12.1 Å². The molecule has 0 aromatic heterocycles. The van der Waals surface area contributed by atoms with Crippen molar-refractivity contribution in [1.29, 1.82) is 0 Å².